The molecule has 0 spiro atoms. The maximum atomic E-state index is 13.4. The van der Waals surface area contributed by atoms with Crippen molar-refractivity contribution in [3.63, 3.8) is 0 Å². The largest absolute Gasteiger partial charge is 0.428 e. The topological polar surface area (TPSA) is 49.9 Å². The average molecular weight is 392 g/mol. The molecule has 1 atom stereocenters. The van der Waals surface area contributed by atoms with Crippen LogP contribution in [0.2, 0.25) is 0 Å². The smallest absolute Gasteiger partial charge is 0.333 e. The molecule has 1 rings (SSSR count). The second-order valence-corrected chi connectivity index (χ2v) is 6.22. The third-order valence-corrected chi connectivity index (χ3v) is 4.10. The molecule has 0 saturated carbocycles. The lowest BCUT2D eigenvalue weighted by molar-refractivity contribution is -0.253. The maximum absolute atomic E-state index is 13.4. The standard InChI is InChI=1S/C10H12F8N2O3S/c1-2-3-19-4-5-20(9(15,16)6(11)12)8(19)23-24(21,22)10(17,18)7(13)14/h4-8H,2-3H2,1H3. The van der Waals surface area contributed by atoms with Crippen molar-refractivity contribution in [2.24, 2.45) is 0 Å². The summed E-state index contributed by atoms with van der Waals surface area (Å²) >= 11 is 0. The highest BCUT2D eigenvalue weighted by atomic mass is 32.2. The molecule has 5 nitrogen and oxygen atoms in total. The second-order valence-electron chi connectivity index (χ2n) is 4.57. The van der Waals surface area contributed by atoms with Gasteiger partial charge in [0.05, 0.1) is 0 Å². The number of alkyl halides is 8. The lowest BCUT2D eigenvalue weighted by Gasteiger charge is -2.36. The van der Waals surface area contributed by atoms with E-state index in [2.05, 4.69) is 4.18 Å². The van der Waals surface area contributed by atoms with E-state index in [9.17, 15) is 43.5 Å². The van der Waals surface area contributed by atoms with E-state index in [-0.39, 0.29) is 13.0 Å². The zero-order chi connectivity index (χ0) is 18.9. The van der Waals surface area contributed by atoms with Gasteiger partial charge in [-0.05, 0) is 6.42 Å². The summed E-state index contributed by atoms with van der Waals surface area (Å²) in [5, 5.41) is -5.71. The van der Waals surface area contributed by atoms with Crippen LogP contribution in [-0.2, 0) is 14.3 Å². The van der Waals surface area contributed by atoms with Crippen molar-refractivity contribution in [2.75, 3.05) is 6.54 Å². The summed E-state index contributed by atoms with van der Waals surface area (Å²) in [6.07, 6.45) is -10.6. The van der Waals surface area contributed by atoms with Gasteiger partial charge < -0.3 is 4.90 Å². The van der Waals surface area contributed by atoms with E-state index in [1.807, 2.05) is 0 Å². The fraction of sp³-hybridized carbons (Fsp3) is 0.800. The Hall–Kier alpha value is -1.31. The molecule has 0 aliphatic carbocycles. The molecule has 0 aromatic heterocycles. The summed E-state index contributed by atoms with van der Waals surface area (Å²) < 4.78 is 128. The van der Waals surface area contributed by atoms with Crippen molar-refractivity contribution in [3.05, 3.63) is 12.4 Å². The first kappa shape index (κ1) is 20.7. The van der Waals surface area contributed by atoms with Crippen molar-refractivity contribution in [1.82, 2.24) is 9.80 Å². The van der Waals surface area contributed by atoms with Crippen molar-refractivity contribution in [1.29, 1.82) is 0 Å². The van der Waals surface area contributed by atoms with E-state index < -0.39 is 45.5 Å². The summed E-state index contributed by atoms with van der Waals surface area (Å²) in [6, 6.07) is -4.99. The maximum Gasteiger partial charge on any atom is 0.428 e. The number of nitrogens with zero attached hydrogens (tertiary/aromatic N) is 2. The summed E-state index contributed by atoms with van der Waals surface area (Å²) in [5.74, 6) is 0. The van der Waals surface area contributed by atoms with Gasteiger partial charge in [0.1, 0.15) is 0 Å². The van der Waals surface area contributed by atoms with Gasteiger partial charge in [-0.3, -0.25) is 4.90 Å². The number of hydrogen-bond acceptors (Lipinski definition) is 5. The minimum Gasteiger partial charge on any atom is -0.333 e. The van der Waals surface area contributed by atoms with E-state index in [1.54, 1.807) is 0 Å². The average Bonchev–Trinajstić information content (AvgIpc) is 2.81. The first-order valence-electron chi connectivity index (χ1n) is 6.26. The van der Waals surface area contributed by atoms with Crippen LogP contribution >= 0.6 is 0 Å². The molecule has 1 heterocycles. The van der Waals surface area contributed by atoms with Gasteiger partial charge in [-0.15, -0.1) is 0 Å². The Morgan fingerprint density at radius 1 is 1.08 bits per heavy atom. The summed E-state index contributed by atoms with van der Waals surface area (Å²) in [5.41, 5.74) is 0. The summed E-state index contributed by atoms with van der Waals surface area (Å²) in [7, 11) is -6.40. The van der Waals surface area contributed by atoms with E-state index in [4.69, 9.17) is 0 Å². The van der Waals surface area contributed by atoms with Crippen LogP contribution in [0.15, 0.2) is 12.4 Å². The van der Waals surface area contributed by atoms with Crippen LogP contribution in [0.3, 0.4) is 0 Å². The van der Waals surface area contributed by atoms with Gasteiger partial charge in [-0.1, -0.05) is 6.92 Å². The quantitative estimate of drug-likeness (QED) is 0.361. The normalized spacial score (nSPS) is 19.9. The molecule has 0 bridgehead atoms. The Kier molecular flexibility index (Phi) is 5.96. The Morgan fingerprint density at radius 3 is 2.04 bits per heavy atom. The van der Waals surface area contributed by atoms with Gasteiger partial charge >= 0.3 is 34.3 Å². The summed E-state index contributed by atoms with van der Waals surface area (Å²) in [6.45, 7) is 1.22. The van der Waals surface area contributed by atoms with Gasteiger partial charge in [0.15, 0.2) is 0 Å². The highest BCUT2D eigenvalue weighted by molar-refractivity contribution is 7.87. The van der Waals surface area contributed by atoms with Crippen LogP contribution in [0.4, 0.5) is 35.1 Å². The first-order valence-corrected chi connectivity index (χ1v) is 7.67. The monoisotopic (exact) mass is 392 g/mol. The second kappa shape index (κ2) is 6.90. The van der Waals surface area contributed by atoms with Crippen LogP contribution in [-0.4, -0.2) is 55.3 Å². The van der Waals surface area contributed by atoms with Crippen LogP contribution in [0.25, 0.3) is 0 Å². The zero-order valence-electron chi connectivity index (χ0n) is 11.9. The number of rotatable bonds is 8. The van der Waals surface area contributed by atoms with Gasteiger partial charge in [0.2, 0.25) is 6.35 Å². The van der Waals surface area contributed by atoms with Gasteiger partial charge in [-0.25, -0.2) is 21.7 Å². The fourth-order valence-electron chi connectivity index (χ4n) is 1.66. The number of halogens is 8. The van der Waals surface area contributed by atoms with E-state index in [0.29, 0.717) is 17.3 Å². The van der Waals surface area contributed by atoms with Crippen molar-refractivity contribution < 1.29 is 47.7 Å². The number of hydrogen-bond donors (Lipinski definition) is 0. The van der Waals surface area contributed by atoms with Gasteiger partial charge in [-0.2, -0.15) is 26.0 Å². The zero-order valence-corrected chi connectivity index (χ0v) is 12.7. The van der Waals surface area contributed by atoms with Crippen LogP contribution in [0.5, 0.6) is 0 Å². The minimum atomic E-state index is -6.40. The Balaban J connectivity index is 3.19. The minimum absolute atomic E-state index is 0.156. The van der Waals surface area contributed by atoms with E-state index in [1.165, 1.54) is 6.92 Å². The molecule has 1 aliphatic rings. The Bertz CT molecular complexity index is 568. The third kappa shape index (κ3) is 3.68. The lowest BCUT2D eigenvalue weighted by Crippen LogP contribution is -2.55. The Labute approximate surface area is 131 Å². The van der Waals surface area contributed by atoms with Crippen LogP contribution in [0, 0.1) is 0 Å². The molecule has 0 fully saturated rings. The molecule has 24 heavy (non-hydrogen) atoms. The van der Waals surface area contributed by atoms with Gasteiger partial charge in [0.25, 0.3) is 0 Å². The first-order chi connectivity index (χ1) is 10.8. The molecular weight excluding hydrogens is 380 g/mol. The molecule has 0 saturated heterocycles. The van der Waals surface area contributed by atoms with Crippen molar-refractivity contribution in [2.45, 2.75) is 43.8 Å². The third-order valence-electron chi connectivity index (χ3n) is 2.83. The van der Waals surface area contributed by atoms with Crippen LogP contribution < -0.4 is 0 Å². The molecule has 142 valence electrons. The van der Waals surface area contributed by atoms with Gasteiger partial charge in [0, 0.05) is 18.9 Å². The highest BCUT2D eigenvalue weighted by Gasteiger charge is 2.59. The van der Waals surface area contributed by atoms with Crippen molar-refractivity contribution >= 4 is 10.1 Å². The molecule has 0 aromatic rings. The SMILES string of the molecule is CCCN1C=CN(C(F)(F)C(F)F)C1OS(=O)(=O)C(F)(F)C(F)F. The molecule has 14 heteroatoms. The van der Waals surface area contributed by atoms with Crippen LogP contribution in [0.1, 0.15) is 13.3 Å². The molecule has 0 radical (unpaired) electrons. The predicted octanol–water partition coefficient (Wildman–Crippen LogP) is 2.83. The molecule has 0 aromatic carbocycles. The molecule has 0 amide bonds. The van der Waals surface area contributed by atoms with E-state index >= 15 is 0 Å². The fourth-order valence-corrected chi connectivity index (χ4v) is 2.43. The van der Waals surface area contributed by atoms with Crippen molar-refractivity contribution in [3.8, 4) is 0 Å². The molecule has 1 aliphatic heterocycles. The predicted molar refractivity (Wildman–Crippen MR) is 63.7 cm³/mol. The summed E-state index contributed by atoms with van der Waals surface area (Å²) in [4.78, 5) is -0.0538. The molecular formula is C10H12F8N2O3S. The lowest BCUT2D eigenvalue weighted by atomic mass is 10.4. The highest BCUT2D eigenvalue weighted by Crippen LogP contribution is 2.38. The molecule has 0 N–H and O–H groups in total. The molecule has 1 unspecified atom stereocenters. The Morgan fingerprint density at radius 2 is 1.62 bits per heavy atom. The van der Waals surface area contributed by atoms with E-state index in [0.717, 1.165) is 0 Å².